The number of aliphatic imine (C=N–C) groups is 1. The lowest BCUT2D eigenvalue weighted by Crippen LogP contribution is -2.47. The van der Waals surface area contributed by atoms with Crippen LogP contribution in [0.15, 0.2) is 52.8 Å². The zero-order valence-electron chi connectivity index (χ0n) is 21.4. The first-order valence-electron chi connectivity index (χ1n) is 12.5. The first kappa shape index (κ1) is 25.3. The van der Waals surface area contributed by atoms with Crippen LogP contribution in [0.5, 0.6) is 0 Å². The molecule has 0 spiro atoms. The summed E-state index contributed by atoms with van der Waals surface area (Å²) in [4.78, 5) is 25.6. The van der Waals surface area contributed by atoms with E-state index in [9.17, 15) is 4.79 Å². The molecule has 2 aromatic carbocycles. The van der Waals surface area contributed by atoms with E-state index in [-0.39, 0.29) is 23.4 Å². The summed E-state index contributed by atoms with van der Waals surface area (Å²) in [7, 11) is 0. The molecule has 3 aromatic rings. The van der Waals surface area contributed by atoms with Gasteiger partial charge in [0, 0.05) is 17.5 Å². The van der Waals surface area contributed by atoms with E-state index in [2.05, 4.69) is 73.9 Å². The number of rotatable bonds is 7. The summed E-state index contributed by atoms with van der Waals surface area (Å²) >= 11 is 1.64. The third kappa shape index (κ3) is 5.41. The van der Waals surface area contributed by atoms with Crippen LogP contribution in [0.4, 0.5) is 0 Å². The van der Waals surface area contributed by atoms with Crippen molar-refractivity contribution >= 4 is 33.9 Å². The quantitative estimate of drug-likeness (QED) is 0.343. The fourth-order valence-corrected chi connectivity index (χ4v) is 5.71. The maximum Gasteiger partial charge on any atom is 0.248 e. The molecule has 35 heavy (non-hydrogen) atoms. The van der Waals surface area contributed by atoms with E-state index >= 15 is 0 Å². The molecule has 4 rings (SSSR count). The Hall–Kier alpha value is -2.77. The predicted octanol–water partition coefficient (Wildman–Crippen LogP) is 5.40. The standard InChI is InChI=1S/C28H37N5OS/c1-6-30-18(2)25(29)32-24(28(3,4)5)27(34)33-16-10-15-23(33)26-31-22(17-35-26)21-14-9-12-19-11-7-8-13-20(19)21/h7-9,11-14,17-18,23-24,30H,6,10,15-16H2,1-5H3,(H2,29,32)/t18-,23-,24+/m0/s1. The van der Waals surface area contributed by atoms with Crippen molar-refractivity contribution in [3.05, 3.63) is 52.9 Å². The van der Waals surface area contributed by atoms with Crippen LogP contribution in [0.1, 0.15) is 58.5 Å². The number of amidine groups is 1. The smallest absolute Gasteiger partial charge is 0.248 e. The number of likely N-dealkylation sites (tertiary alicyclic amines) is 1. The van der Waals surface area contributed by atoms with Gasteiger partial charge in [0.1, 0.15) is 16.9 Å². The number of nitrogens with one attached hydrogen (secondary N) is 1. The van der Waals surface area contributed by atoms with Crippen LogP contribution in [0.3, 0.4) is 0 Å². The van der Waals surface area contributed by atoms with Crippen LogP contribution >= 0.6 is 11.3 Å². The summed E-state index contributed by atoms with van der Waals surface area (Å²) in [5.74, 6) is 0.511. The molecule has 1 amide bonds. The van der Waals surface area contributed by atoms with E-state index in [1.54, 1.807) is 11.3 Å². The highest BCUT2D eigenvalue weighted by molar-refractivity contribution is 7.10. The Bertz CT molecular complexity index is 1210. The summed E-state index contributed by atoms with van der Waals surface area (Å²) in [5, 5.41) is 8.79. The number of benzene rings is 2. The maximum atomic E-state index is 13.9. The van der Waals surface area contributed by atoms with Gasteiger partial charge >= 0.3 is 0 Å². The molecule has 3 atom stereocenters. The van der Waals surface area contributed by atoms with Crippen molar-refractivity contribution in [2.45, 2.75) is 65.6 Å². The van der Waals surface area contributed by atoms with Gasteiger partial charge in [0.05, 0.1) is 17.8 Å². The number of hydrogen-bond acceptors (Lipinski definition) is 5. The predicted molar refractivity (Wildman–Crippen MR) is 147 cm³/mol. The van der Waals surface area contributed by atoms with E-state index in [4.69, 9.17) is 15.7 Å². The average Bonchev–Trinajstić information content (AvgIpc) is 3.50. The lowest BCUT2D eigenvalue weighted by molar-refractivity contribution is -0.135. The minimum absolute atomic E-state index is 0.0244. The van der Waals surface area contributed by atoms with Gasteiger partial charge in [0.25, 0.3) is 0 Å². The highest BCUT2D eigenvalue weighted by atomic mass is 32.1. The Labute approximate surface area is 212 Å². The molecule has 0 saturated carbocycles. The van der Waals surface area contributed by atoms with Crippen LogP contribution in [0.25, 0.3) is 22.0 Å². The Balaban J connectivity index is 1.62. The molecule has 1 aliphatic heterocycles. The van der Waals surface area contributed by atoms with E-state index in [0.29, 0.717) is 5.84 Å². The Kier molecular flexibility index (Phi) is 7.57. The molecule has 0 unspecified atom stereocenters. The molecule has 0 bridgehead atoms. The van der Waals surface area contributed by atoms with E-state index in [1.807, 2.05) is 18.7 Å². The van der Waals surface area contributed by atoms with Crippen molar-refractivity contribution in [1.29, 1.82) is 0 Å². The topological polar surface area (TPSA) is 83.6 Å². The minimum Gasteiger partial charge on any atom is -0.386 e. The van der Waals surface area contributed by atoms with Gasteiger partial charge in [0.15, 0.2) is 0 Å². The number of fused-ring (bicyclic) bond motifs is 1. The van der Waals surface area contributed by atoms with Crippen LogP contribution < -0.4 is 11.1 Å². The second kappa shape index (κ2) is 10.5. The first-order chi connectivity index (χ1) is 16.7. The fraction of sp³-hybridized carbons (Fsp3) is 0.464. The van der Waals surface area contributed by atoms with Gasteiger partial charge < -0.3 is 16.0 Å². The van der Waals surface area contributed by atoms with Gasteiger partial charge in [-0.15, -0.1) is 11.3 Å². The van der Waals surface area contributed by atoms with Crippen molar-refractivity contribution in [1.82, 2.24) is 15.2 Å². The normalized spacial score (nSPS) is 18.7. The van der Waals surface area contributed by atoms with E-state index in [1.165, 1.54) is 10.8 Å². The highest BCUT2D eigenvalue weighted by Gasteiger charge is 2.40. The Morgan fingerprint density at radius 2 is 2.00 bits per heavy atom. The molecule has 1 saturated heterocycles. The van der Waals surface area contributed by atoms with Gasteiger partial charge in [0.2, 0.25) is 5.91 Å². The number of amides is 1. The largest absolute Gasteiger partial charge is 0.386 e. The molecular formula is C28H37N5OS. The second-order valence-corrected chi connectivity index (χ2v) is 11.3. The molecule has 7 heteroatoms. The lowest BCUT2D eigenvalue weighted by Gasteiger charge is -2.33. The molecule has 0 aliphatic carbocycles. The molecular weight excluding hydrogens is 454 g/mol. The molecule has 6 nitrogen and oxygen atoms in total. The summed E-state index contributed by atoms with van der Waals surface area (Å²) in [5.41, 5.74) is 8.05. The molecule has 1 aliphatic rings. The number of carbonyl (C=O) groups excluding carboxylic acids is 1. The Morgan fingerprint density at radius 1 is 1.26 bits per heavy atom. The van der Waals surface area contributed by atoms with Crippen LogP contribution in [-0.4, -0.2) is 46.8 Å². The highest BCUT2D eigenvalue weighted by Crippen LogP contribution is 2.39. The molecule has 3 N–H and O–H groups in total. The van der Waals surface area contributed by atoms with E-state index < -0.39 is 6.04 Å². The van der Waals surface area contributed by atoms with Gasteiger partial charge in [-0.1, -0.05) is 70.2 Å². The monoisotopic (exact) mass is 491 g/mol. The number of nitrogens with two attached hydrogens (primary N) is 1. The fourth-order valence-electron chi connectivity index (χ4n) is 4.75. The number of aromatic nitrogens is 1. The zero-order valence-corrected chi connectivity index (χ0v) is 22.2. The third-order valence-electron chi connectivity index (χ3n) is 6.69. The molecule has 1 aromatic heterocycles. The molecule has 1 fully saturated rings. The second-order valence-electron chi connectivity index (χ2n) is 10.4. The van der Waals surface area contributed by atoms with E-state index in [0.717, 1.165) is 42.2 Å². The van der Waals surface area contributed by atoms with Gasteiger partial charge in [-0.3, -0.25) is 9.79 Å². The van der Waals surface area contributed by atoms with Gasteiger partial charge in [-0.25, -0.2) is 4.98 Å². The summed E-state index contributed by atoms with van der Waals surface area (Å²) in [6, 6.07) is 14.1. The summed E-state index contributed by atoms with van der Waals surface area (Å²) < 4.78 is 0. The number of nitrogens with zero attached hydrogens (tertiary/aromatic N) is 3. The van der Waals surface area contributed by atoms with Crippen molar-refractivity contribution in [2.24, 2.45) is 16.1 Å². The first-order valence-corrected chi connectivity index (χ1v) is 13.4. The number of likely N-dealkylation sites (N-methyl/N-ethyl adjacent to an activating group) is 1. The zero-order chi connectivity index (χ0) is 25.2. The third-order valence-corrected chi connectivity index (χ3v) is 7.64. The number of thiazole rings is 1. The molecule has 0 radical (unpaired) electrons. The lowest BCUT2D eigenvalue weighted by atomic mass is 9.86. The van der Waals surface area contributed by atoms with Crippen molar-refractivity contribution in [3.63, 3.8) is 0 Å². The maximum absolute atomic E-state index is 13.9. The number of hydrogen-bond donors (Lipinski definition) is 2. The van der Waals surface area contributed by atoms with Crippen molar-refractivity contribution < 1.29 is 4.79 Å². The SMILES string of the molecule is CCN[C@@H](C)C(N)=N[C@H](C(=O)N1CCC[C@H]1c1nc(-c2cccc3ccccc23)cs1)C(C)(C)C. The molecule has 186 valence electrons. The van der Waals surface area contributed by atoms with Crippen molar-refractivity contribution in [2.75, 3.05) is 13.1 Å². The Morgan fingerprint density at radius 3 is 2.74 bits per heavy atom. The van der Waals surface area contributed by atoms with Crippen LogP contribution in [0.2, 0.25) is 0 Å². The summed E-state index contributed by atoms with van der Waals surface area (Å²) in [6.07, 6.45) is 1.88. The number of carbonyl (C=O) groups is 1. The van der Waals surface area contributed by atoms with Crippen LogP contribution in [-0.2, 0) is 4.79 Å². The summed E-state index contributed by atoms with van der Waals surface area (Å²) in [6.45, 7) is 11.7. The minimum atomic E-state index is -0.540. The van der Waals surface area contributed by atoms with Gasteiger partial charge in [-0.2, -0.15) is 0 Å². The average molecular weight is 492 g/mol. The van der Waals surface area contributed by atoms with Gasteiger partial charge in [-0.05, 0) is 42.5 Å². The van der Waals surface area contributed by atoms with Crippen molar-refractivity contribution in [3.8, 4) is 11.3 Å². The molecule has 2 heterocycles. The van der Waals surface area contributed by atoms with Crippen LogP contribution in [0, 0.1) is 5.41 Å².